The molecule has 108 valence electrons. The van der Waals surface area contributed by atoms with Gasteiger partial charge in [0.15, 0.2) is 0 Å². The lowest BCUT2D eigenvalue weighted by molar-refractivity contribution is -0.384. The number of hydrogen-bond acceptors (Lipinski definition) is 5. The average molecular weight is 278 g/mol. The smallest absolute Gasteiger partial charge is 0.271 e. The summed E-state index contributed by atoms with van der Waals surface area (Å²) in [4.78, 5) is 19.7. The van der Waals surface area contributed by atoms with E-state index in [2.05, 4.69) is 9.97 Å². The number of nitrogens with zero attached hydrogens (tertiary/aromatic N) is 3. The van der Waals surface area contributed by atoms with Crippen LogP contribution in [0.5, 0.6) is 0 Å². The van der Waals surface area contributed by atoms with Crippen molar-refractivity contribution in [2.45, 2.75) is 26.4 Å². The van der Waals surface area contributed by atoms with Crippen LogP contribution in [0.2, 0.25) is 0 Å². The first-order valence-electron chi connectivity index (χ1n) is 6.41. The Bertz CT molecular complexity index is 630. The maximum Gasteiger partial charge on any atom is 0.271 e. The van der Waals surface area contributed by atoms with Gasteiger partial charge < -0.3 is 15.0 Å². The molecule has 1 heterocycles. The number of nitro groups is 1. The van der Waals surface area contributed by atoms with Gasteiger partial charge in [0.05, 0.1) is 21.6 Å². The number of H-pyrrole nitrogens is 1. The molecule has 0 saturated carbocycles. The van der Waals surface area contributed by atoms with Gasteiger partial charge in [0.2, 0.25) is 5.95 Å². The number of anilines is 1. The number of non-ortho nitro benzene ring substituents is 1. The highest BCUT2D eigenvalue weighted by molar-refractivity contribution is 5.80. The molecule has 1 aromatic heterocycles. The molecule has 0 unspecified atom stereocenters. The van der Waals surface area contributed by atoms with Crippen LogP contribution < -0.4 is 4.90 Å². The first kappa shape index (κ1) is 14.3. The highest BCUT2D eigenvalue weighted by Gasteiger charge is 2.20. The number of likely N-dealkylation sites (N-methyl/N-ethyl adjacent to an activating group) is 1. The van der Waals surface area contributed by atoms with Crippen molar-refractivity contribution in [2.75, 3.05) is 18.0 Å². The summed E-state index contributed by atoms with van der Waals surface area (Å²) < 4.78 is 0. The molecule has 7 heteroatoms. The Labute approximate surface area is 116 Å². The number of fused-ring (bicyclic) bond motifs is 1. The van der Waals surface area contributed by atoms with Gasteiger partial charge in [-0.05, 0) is 26.8 Å². The third-order valence-corrected chi connectivity index (χ3v) is 2.92. The fraction of sp³-hybridized carbons (Fsp3) is 0.462. The summed E-state index contributed by atoms with van der Waals surface area (Å²) >= 11 is 0. The maximum atomic E-state index is 10.8. The predicted octanol–water partition coefficient (Wildman–Crippen LogP) is 2.07. The topological polar surface area (TPSA) is 95.3 Å². The minimum atomic E-state index is -0.846. The van der Waals surface area contributed by atoms with Gasteiger partial charge in [0.1, 0.15) is 0 Å². The Morgan fingerprint density at radius 2 is 2.20 bits per heavy atom. The molecule has 0 spiro atoms. The van der Waals surface area contributed by atoms with Gasteiger partial charge in [0.25, 0.3) is 5.69 Å². The van der Waals surface area contributed by atoms with Crippen molar-refractivity contribution >= 4 is 22.7 Å². The van der Waals surface area contributed by atoms with Crippen LogP contribution in [-0.4, -0.2) is 38.7 Å². The summed E-state index contributed by atoms with van der Waals surface area (Å²) in [6.07, 6.45) is 0. The van der Waals surface area contributed by atoms with Gasteiger partial charge in [-0.1, -0.05) is 0 Å². The number of rotatable bonds is 5. The Morgan fingerprint density at radius 1 is 1.50 bits per heavy atom. The van der Waals surface area contributed by atoms with Crippen LogP contribution in [0.1, 0.15) is 20.8 Å². The lowest BCUT2D eigenvalue weighted by Gasteiger charge is -2.27. The second-order valence-corrected chi connectivity index (χ2v) is 5.35. The van der Waals surface area contributed by atoms with Crippen molar-refractivity contribution in [3.05, 3.63) is 28.3 Å². The quantitative estimate of drug-likeness (QED) is 0.644. The van der Waals surface area contributed by atoms with Crippen molar-refractivity contribution in [2.24, 2.45) is 0 Å². The SMILES string of the molecule is CCN(CC(C)(C)O)c1nc2ccc([N+](=O)[O-])cc2[nH]1. The average Bonchev–Trinajstić information content (AvgIpc) is 2.77. The fourth-order valence-corrected chi connectivity index (χ4v) is 2.05. The van der Waals surface area contributed by atoms with E-state index in [-0.39, 0.29) is 5.69 Å². The van der Waals surface area contributed by atoms with E-state index in [9.17, 15) is 15.2 Å². The zero-order chi connectivity index (χ0) is 14.9. The molecule has 2 aromatic rings. The summed E-state index contributed by atoms with van der Waals surface area (Å²) in [7, 11) is 0. The van der Waals surface area contributed by atoms with Gasteiger partial charge in [-0.2, -0.15) is 0 Å². The molecule has 20 heavy (non-hydrogen) atoms. The molecule has 0 aliphatic heterocycles. The molecule has 2 rings (SSSR count). The highest BCUT2D eigenvalue weighted by Crippen LogP contribution is 2.23. The Balaban J connectivity index is 2.37. The molecule has 0 bridgehead atoms. The number of nitro benzene ring substituents is 1. The van der Waals surface area contributed by atoms with Crippen molar-refractivity contribution < 1.29 is 10.0 Å². The minimum Gasteiger partial charge on any atom is -0.389 e. The van der Waals surface area contributed by atoms with E-state index in [4.69, 9.17) is 0 Å². The van der Waals surface area contributed by atoms with Crippen LogP contribution in [0.25, 0.3) is 11.0 Å². The molecule has 0 saturated heterocycles. The zero-order valence-electron chi connectivity index (χ0n) is 11.8. The number of benzene rings is 1. The van der Waals surface area contributed by atoms with Crippen LogP contribution in [-0.2, 0) is 0 Å². The Kier molecular flexibility index (Phi) is 3.63. The normalized spacial score (nSPS) is 11.8. The number of aliphatic hydroxyl groups is 1. The highest BCUT2D eigenvalue weighted by atomic mass is 16.6. The standard InChI is InChI=1S/C13H18N4O3/c1-4-16(8-13(2,3)18)12-14-10-6-5-9(17(19)20)7-11(10)15-12/h5-7,18H,4,8H2,1-3H3,(H,14,15). The maximum absolute atomic E-state index is 10.8. The van der Waals surface area contributed by atoms with Gasteiger partial charge in [-0.25, -0.2) is 4.98 Å². The largest absolute Gasteiger partial charge is 0.389 e. The van der Waals surface area contributed by atoms with E-state index in [1.165, 1.54) is 12.1 Å². The zero-order valence-corrected chi connectivity index (χ0v) is 11.8. The van der Waals surface area contributed by atoms with Gasteiger partial charge in [-0.3, -0.25) is 10.1 Å². The van der Waals surface area contributed by atoms with Crippen molar-refractivity contribution in [3.8, 4) is 0 Å². The van der Waals surface area contributed by atoms with Gasteiger partial charge >= 0.3 is 0 Å². The molecule has 0 aliphatic rings. The Morgan fingerprint density at radius 3 is 2.75 bits per heavy atom. The molecule has 0 aliphatic carbocycles. The van der Waals surface area contributed by atoms with Crippen LogP contribution in [0.15, 0.2) is 18.2 Å². The monoisotopic (exact) mass is 278 g/mol. The van der Waals surface area contributed by atoms with Crippen LogP contribution in [0.3, 0.4) is 0 Å². The molecule has 7 nitrogen and oxygen atoms in total. The number of hydrogen-bond donors (Lipinski definition) is 2. The lowest BCUT2D eigenvalue weighted by Crippen LogP contribution is -2.39. The van der Waals surface area contributed by atoms with Crippen molar-refractivity contribution in [1.82, 2.24) is 9.97 Å². The molecular formula is C13H18N4O3. The van der Waals surface area contributed by atoms with Crippen LogP contribution in [0, 0.1) is 10.1 Å². The molecule has 1 aromatic carbocycles. The number of nitrogens with one attached hydrogen (secondary N) is 1. The Hall–Kier alpha value is -2.15. The first-order valence-corrected chi connectivity index (χ1v) is 6.41. The second-order valence-electron chi connectivity index (χ2n) is 5.35. The second kappa shape index (κ2) is 5.09. The van der Waals surface area contributed by atoms with E-state index in [1.807, 2.05) is 11.8 Å². The van der Waals surface area contributed by atoms with E-state index in [0.717, 1.165) is 0 Å². The molecule has 0 fully saturated rings. The predicted molar refractivity (Wildman–Crippen MR) is 76.9 cm³/mol. The summed E-state index contributed by atoms with van der Waals surface area (Å²) in [5.74, 6) is 0.602. The van der Waals surface area contributed by atoms with Gasteiger partial charge in [0, 0.05) is 25.2 Å². The van der Waals surface area contributed by atoms with E-state index < -0.39 is 10.5 Å². The molecule has 0 atom stereocenters. The molecule has 2 N–H and O–H groups in total. The summed E-state index contributed by atoms with van der Waals surface area (Å²) in [6, 6.07) is 4.51. The van der Waals surface area contributed by atoms with Crippen LogP contribution in [0.4, 0.5) is 11.6 Å². The molecule has 0 amide bonds. The van der Waals surface area contributed by atoms with E-state index >= 15 is 0 Å². The fourth-order valence-electron chi connectivity index (χ4n) is 2.05. The van der Waals surface area contributed by atoms with Gasteiger partial charge in [-0.15, -0.1) is 0 Å². The first-order chi connectivity index (χ1) is 9.30. The summed E-state index contributed by atoms with van der Waals surface area (Å²) in [5, 5.41) is 20.7. The molecular weight excluding hydrogens is 260 g/mol. The number of aromatic nitrogens is 2. The third-order valence-electron chi connectivity index (χ3n) is 2.92. The third kappa shape index (κ3) is 3.05. The van der Waals surface area contributed by atoms with Crippen molar-refractivity contribution in [3.63, 3.8) is 0 Å². The summed E-state index contributed by atoms with van der Waals surface area (Å²) in [6.45, 7) is 6.50. The van der Waals surface area contributed by atoms with Crippen molar-refractivity contribution in [1.29, 1.82) is 0 Å². The summed E-state index contributed by atoms with van der Waals surface area (Å²) in [5.41, 5.74) is 0.461. The lowest BCUT2D eigenvalue weighted by atomic mass is 10.1. The number of imidazole rings is 1. The van der Waals surface area contributed by atoms with E-state index in [0.29, 0.717) is 30.1 Å². The molecule has 0 radical (unpaired) electrons. The van der Waals surface area contributed by atoms with E-state index in [1.54, 1.807) is 19.9 Å². The minimum absolute atomic E-state index is 0.0261. The number of aromatic amines is 1. The van der Waals surface area contributed by atoms with Crippen LogP contribution >= 0.6 is 0 Å².